The number of carbonyl (C=O) groups is 1. The smallest absolute Gasteiger partial charge is 0.223 e. The molecule has 1 N–H and O–H groups in total. The summed E-state index contributed by atoms with van der Waals surface area (Å²) in [6.07, 6.45) is 2.39. The molecule has 8 nitrogen and oxygen atoms in total. The van der Waals surface area contributed by atoms with E-state index in [1.165, 1.54) is 0 Å². The highest BCUT2D eigenvalue weighted by molar-refractivity contribution is 6.30. The second kappa shape index (κ2) is 9.83. The summed E-state index contributed by atoms with van der Waals surface area (Å²) in [4.78, 5) is 14.7. The van der Waals surface area contributed by atoms with E-state index >= 15 is 0 Å². The van der Waals surface area contributed by atoms with Crippen molar-refractivity contribution >= 4 is 34.2 Å². The van der Waals surface area contributed by atoms with Gasteiger partial charge in [0.15, 0.2) is 5.82 Å². The van der Waals surface area contributed by atoms with Gasteiger partial charge in [-0.3, -0.25) is 4.79 Å². The lowest BCUT2D eigenvalue weighted by Gasteiger charge is -2.32. The zero-order chi connectivity index (χ0) is 22.7. The fraction of sp³-hybridized carbons (Fsp3) is 0.478. The highest BCUT2D eigenvalue weighted by atomic mass is 35.5. The molecule has 0 unspecified atom stereocenters. The van der Waals surface area contributed by atoms with Gasteiger partial charge in [-0.25, -0.2) is 4.68 Å². The van der Waals surface area contributed by atoms with Gasteiger partial charge >= 0.3 is 0 Å². The maximum Gasteiger partial charge on any atom is 0.223 e. The molecule has 0 atom stereocenters. The van der Waals surface area contributed by atoms with Crippen LogP contribution in [0.25, 0.3) is 16.6 Å². The van der Waals surface area contributed by atoms with Crippen molar-refractivity contribution in [2.24, 2.45) is 5.92 Å². The van der Waals surface area contributed by atoms with Gasteiger partial charge in [-0.1, -0.05) is 11.6 Å². The van der Waals surface area contributed by atoms with Crippen molar-refractivity contribution in [2.45, 2.75) is 33.1 Å². The number of carbonyl (C=O) groups excluding carboxylic acids is 1. The lowest BCUT2D eigenvalue weighted by Crippen LogP contribution is -2.41. The van der Waals surface area contributed by atoms with Crippen LogP contribution in [0.3, 0.4) is 0 Å². The lowest BCUT2D eigenvalue weighted by atomic mass is 9.95. The summed E-state index contributed by atoms with van der Waals surface area (Å²) in [5.41, 5.74) is 3.65. The summed E-state index contributed by atoms with van der Waals surface area (Å²) in [6.45, 7) is 6.80. The van der Waals surface area contributed by atoms with Crippen molar-refractivity contribution in [1.29, 1.82) is 0 Å². The van der Waals surface area contributed by atoms with E-state index in [1.807, 2.05) is 42.8 Å². The van der Waals surface area contributed by atoms with Crippen molar-refractivity contribution in [1.82, 2.24) is 25.3 Å². The predicted octanol–water partition coefficient (Wildman–Crippen LogP) is 3.45. The van der Waals surface area contributed by atoms with E-state index in [4.69, 9.17) is 21.4 Å². The van der Waals surface area contributed by atoms with E-state index in [1.54, 1.807) is 7.11 Å². The molecule has 1 saturated heterocycles. The highest BCUT2D eigenvalue weighted by Crippen LogP contribution is 2.31. The van der Waals surface area contributed by atoms with E-state index in [0.29, 0.717) is 18.2 Å². The van der Waals surface area contributed by atoms with Gasteiger partial charge in [0, 0.05) is 44.3 Å². The minimum absolute atomic E-state index is 0.0241. The van der Waals surface area contributed by atoms with Crippen molar-refractivity contribution in [2.75, 3.05) is 38.3 Å². The number of hydrogen-bond acceptors (Lipinski definition) is 6. The Labute approximate surface area is 192 Å². The number of amides is 1. The molecule has 1 aliphatic heterocycles. The topological polar surface area (TPSA) is 85.2 Å². The number of ether oxygens (including phenoxy) is 1. The number of aryl methyl sites for hydroxylation is 2. The second-order valence-electron chi connectivity index (χ2n) is 8.20. The molecule has 1 aromatic carbocycles. The molecule has 0 saturated carbocycles. The largest absolute Gasteiger partial charge is 0.385 e. The normalized spacial score (nSPS) is 14.8. The van der Waals surface area contributed by atoms with E-state index in [2.05, 4.69) is 20.4 Å². The Hall–Kier alpha value is -2.71. The van der Waals surface area contributed by atoms with Gasteiger partial charge in [-0.05, 0) is 57.4 Å². The van der Waals surface area contributed by atoms with Crippen LogP contribution in [0.5, 0.6) is 0 Å². The summed E-state index contributed by atoms with van der Waals surface area (Å²) in [7, 11) is 1.67. The quantitative estimate of drug-likeness (QED) is 0.548. The fourth-order valence-corrected chi connectivity index (χ4v) is 4.41. The third kappa shape index (κ3) is 4.56. The van der Waals surface area contributed by atoms with Gasteiger partial charge in [0.1, 0.15) is 5.52 Å². The maximum atomic E-state index is 12.5. The number of halogens is 1. The number of aromatic nitrogens is 4. The predicted molar refractivity (Wildman–Crippen MR) is 126 cm³/mol. The Morgan fingerprint density at radius 1 is 1.19 bits per heavy atom. The molecular formula is C23H29ClN6O2. The number of fused-ring (bicyclic) bond motifs is 1. The fourth-order valence-electron chi connectivity index (χ4n) is 4.28. The van der Waals surface area contributed by atoms with Crippen LogP contribution in [-0.4, -0.2) is 59.2 Å². The molecule has 0 bridgehead atoms. The Morgan fingerprint density at radius 3 is 2.59 bits per heavy atom. The summed E-state index contributed by atoms with van der Waals surface area (Å²) in [5.74, 6) is 0.931. The Morgan fingerprint density at radius 2 is 1.91 bits per heavy atom. The molecule has 170 valence electrons. The first-order chi connectivity index (χ1) is 15.5. The second-order valence-corrected chi connectivity index (χ2v) is 8.64. The zero-order valence-corrected chi connectivity index (χ0v) is 19.5. The van der Waals surface area contributed by atoms with Crippen molar-refractivity contribution in [3.63, 3.8) is 0 Å². The van der Waals surface area contributed by atoms with E-state index in [-0.39, 0.29) is 11.8 Å². The third-order valence-corrected chi connectivity index (χ3v) is 6.30. The molecule has 0 spiro atoms. The maximum absolute atomic E-state index is 12.5. The molecule has 1 amide bonds. The number of methoxy groups -OCH3 is 1. The van der Waals surface area contributed by atoms with Crippen LogP contribution in [0.2, 0.25) is 5.02 Å². The average molecular weight is 457 g/mol. The first-order valence-electron chi connectivity index (χ1n) is 11.0. The molecule has 0 radical (unpaired) electrons. The molecule has 0 aliphatic carbocycles. The number of anilines is 1. The molecule has 3 heterocycles. The minimum atomic E-state index is 0.0241. The van der Waals surface area contributed by atoms with E-state index < -0.39 is 0 Å². The number of piperidine rings is 1. The van der Waals surface area contributed by atoms with Crippen LogP contribution in [0.15, 0.2) is 24.3 Å². The van der Waals surface area contributed by atoms with E-state index in [0.717, 1.165) is 66.1 Å². The van der Waals surface area contributed by atoms with Crippen LogP contribution < -0.4 is 10.2 Å². The van der Waals surface area contributed by atoms with Crippen LogP contribution in [0.1, 0.15) is 30.7 Å². The number of benzene rings is 1. The molecule has 9 heteroatoms. The summed E-state index contributed by atoms with van der Waals surface area (Å²) in [6, 6.07) is 7.62. The van der Waals surface area contributed by atoms with Crippen molar-refractivity contribution in [3.8, 4) is 5.69 Å². The zero-order valence-electron chi connectivity index (χ0n) is 18.8. The van der Waals surface area contributed by atoms with Crippen molar-refractivity contribution in [3.05, 3.63) is 40.7 Å². The van der Waals surface area contributed by atoms with Gasteiger partial charge in [0.2, 0.25) is 5.91 Å². The molecule has 1 fully saturated rings. The van der Waals surface area contributed by atoms with Crippen LogP contribution >= 0.6 is 11.6 Å². The monoisotopic (exact) mass is 456 g/mol. The van der Waals surface area contributed by atoms with Crippen LogP contribution in [-0.2, 0) is 9.53 Å². The van der Waals surface area contributed by atoms with Crippen molar-refractivity contribution < 1.29 is 9.53 Å². The molecule has 32 heavy (non-hydrogen) atoms. The standard InChI is InChI=1S/C23H29ClN6O2/c1-15-20-16(2)30(19-7-5-18(24)6-8-19)28-21(20)22(27-26-15)29-12-9-17(10-13-29)23(31)25-11-4-14-32-3/h5-8,17H,4,9-14H2,1-3H3,(H,25,31). The number of nitrogens with one attached hydrogen (secondary N) is 1. The molecule has 2 aromatic heterocycles. The number of rotatable bonds is 7. The molecular weight excluding hydrogens is 428 g/mol. The van der Waals surface area contributed by atoms with Gasteiger partial charge in [0.05, 0.1) is 22.5 Å². The van der Waals surface area contributed by atoms with Crippen LogP contribution in [0.4, 0.5) is 5.82 Å². The van der Waals surface area contributed by atoms with E-state index in [9.17, 15) is 4.79 Å². The minimum Gasteiger partial charge on any atom is -0.385 e. The van der Waals surface area contributed by atoms with Gasteiger partial charge in [-0.15, -0.1) is 5.10 Å². The summed E-state index contributed by atoms with van der Waals surface area (Å²) < 4.78 is 6.95. The summed E-state index contributed by atoms with van der Waals surface area (Å²) in [5, 5.41) is 18.5. The Kier molecular flexibility index (Phi) is 6.91. The summed E-state index contributed by atoms with van der Waals surface area (Å²) >= 11 is 6.06. The first kappa shape index (κ1) is 22.5. The molecule has 1 aliphatic rings. The number of nitrogens with zero attached hydrogens (tertiary/aromatic N) is 5. The highest BCUT2D eigenvalue weighted by Gasteiger charge is 2.28. The molecule has 3 aromatic rings. The SMILES string of the molecule is COCCCNC(=O)C1CCN(c2nnc(C)c3c(C)n(-c4ccc(Cl)cc4)nc23)CC1. The van der Waals surface area contributed by atoms with Gasteiger partial charge in [-0.2, -0.15) is 10.2 Å². The Bertz CT molecular complexity index is 1090. The lowest BCUT2D eigenvalue weighted by molar-refractivity contribution is -0.125. The number of hydrogen-bond donors (Lipinski definition) is 1. The van der Waals surface area contributed by atoms with Gasteiger partial charge < -0.3 is 15.0 Å². The first-order valence-corrected chi connectivity index (χ1v) is 11.4. The molecule has 4 rings (SSSR count). The van der Waals surface area contributed by atoms with Gasteiger partial charge in [0.25, 0.3) is 0 Å². The third-order valence-electron chi connectivity index (χ3n) is 6.05. The Balaban J connectivity index is 1.53. The van der Waals surface area contributed by atoms with Crippen LogP contribution in [0, 0.1) is 19.8 Å². The average Bonchev–Trinajstić information content (AvgIpc) is 3.15.